The third kappa shape index (κ3) is 4.91. The average Bonchev–Trinajstić information content (AvgIpc) is 2.41. The van der Waals surface area contributed by atoms with Crippen LogP contribution in [0.2, 0.25) is 0 Å². The number of para-hydroxylation sites is 1. The normalized spacial score (nSPS) is 10.3. The lowest BCUT2D eigenvalue weighted by atomic mass is 10.0. The van der Waals surface area contributed by atoms with Crippen molar-refractivity contribution in [2.75, 3.05) is 6.61 Å². The van der Waals surface area contributed by atoms with E-state index in [9.17, 15) is 4.79 Å². The van der Waals surface area contributed by atoms with Gasteiger partial charge in [-0.1, -0.05) is 45.2 Å². The van der Waals surface area contributed by atoms with Crippen molar-refractivity contribution < 1.29 is 9.53 Å². The third-order valence-electron chi connectivity index (χ3n) is 2.91. The molecule has 0 heterocycles. The first-order valence-electron chi connectivity index (χ1n) is 7.04. The van der Waals surface area contributed by atoms with Crippen molar-refractivity contribution in [2.45, 2.75) is 52.4 Å². The van der Waals surface area contributed by atoms with Crippen LogP contribution in [0.4, 0.5) is 0 Å². The van der Waals surface area contributed by atoms with Gasteiger partial charge in [0.1, 0.15) is 5.75 Å². The van der Waals surface area contributed by atoms with Crippen LogP contribution in [0.1, 0.15) is 62.7 Å². The highest BCUT2D eigenvalue weighted by Gasteiger charge is 2.11. The minimum Gasteiger partial charge on any atom is -0.493 e. The van der Waals surface area contributed by atoms with Crippen molar-refractivity contribution in [1.29, 1.82) is 0 Å². The minimum absolute atomic E-state index is 0.206. The Morgan fingerprint density at radius 2 is 1.83 bits per heavy atom. The number of hydrogen-bond donors (Lipinski definition) is 0. The number of ketones is 1. The van der Waals surface area contributed by atoms with Crippen molar-refractivity contribution in [1.82, 2.24) is 0 Å². The predicted octanol–water partition coefficient (Wildman–Crippen LogP) is 4.63. The molecule has 0 aliphatic rings. The van der Waals surface area contributed by atoms with Gasteiger partial charge in [0.2, 0.25) is 0 Å². The van der Waals surface area contributed by atoms with Crippen LogP contribution in [-0.2, 0) is 0 Å². The lowest BCUT2D eigenvalue weighted by molar-refractivity contribution is 0.0975. The molecule has 1 aromatic carbocycles. The number of carbonyl (C=O) groups excluding carboxylic acids is 1. The SMILES string of the molecule is CCCCCCC(=O)c1ccccc1OCCC. The summed E-state index contributed by atoms with van der Waals surface area (Å²) in [7, 11) is 0. The Morgan fingerprint density at radius 1 is 1.06 bits per heavy atom. The second kappa shape index (κ2) is 8.73. The number of unbranched alkanes of at least 4 members (excludes halogenated alkanes) is 3. The van der Waals surface area contributed by atoms with Gasteiger partial charge in [0.25, 0.3) is 0 Å². The number of hydrogen-bond acceptors (Lipinski definition) is 2. The van der Waals surface area contributed by atoms with Crippen LogP contribution in [0.3, 0.4) is 0 Å². The molecule has 0 saturated heterocycles. The minimum atomic E-state index is 0.206. The van der Waals surface area contributed by atoms with E-state index in [-0.39, 0.29) is 5.78 Å². The molecule has 0 aliphatic carbocycles. The molecule has 1 aromatic rings. The fraction of sp³-hybridized carbons (Fsp3) is 0.562. The number of benzene rings is 1. The molecule has 2 nitrogen and oxygen atoms in total. The molecule has 0 atom stereocenters. The van der Waals surface area contributed by atoms with Gasteiger partial charge in [-0.3, -0.25) is 4.79 Å². The van der Waals surface area contributed by atoms with E-state index in [0.717, 1.165) is 30.6 Å². The Morgan fingerprint density at radius 3 is 2.56 bits per heavy atom. The Balaban J connectivity index is 2.55. The van der Waals surface area contributed by atoms with E-state index in [1.165, 1.54) is 12.8 Å². The molecule has 0 radical (unpaired) electrons. The van der Waals surface area contributed by atoms with Crippen molar-refractivity contribution in [3.8, 4) is 5.75 Å². The molecule has 0 spiro atoms. The van der Waals surface area contributed by atoms with E-state index < -0.39 is 0 Å². The van der Waals surface area contributed by atoms with Crippen LogP contribution < -0.4 is 4.74 Å². The molecule has 1 rings (SSSR count). The van der Waals surface area contributed by atoms with Crippen molar-refractivity contribution in [3.63, 3.8) is 0 Å². The lowest BCUT2D eigenvalue weighted by Crippen LogP contribution is -2.04. The van der Waals surface area contributed by atoms with Gasteiger partial charge in [-0.05, 0) is 25.0 Å². The van der Waals surface area contributed by atoms with Crippen LogP contribution >= 0.6 is 0 Å². The number of rotatable bonds is 9. The van der Waals surface area contributed by atoms with Crippen molar-refractivity contribution in [3.05, 3.63) is 29.8 Å². The van der Waals surface area contributed by atoms with Gasteiger partial charge in [-0.2, -0.15) is 0 Å². The molecule has 0 aliphatic heterocycles. The van der Waals surface area contributed by atoms with E-state index in [4.69, 9.17) is 4.74 Å². The fourth-order valence-corrected chi connectivity index (χ4v) is 1.88. The molecule has 0 aromatic heterocycles. The predicted molar refractivity (Wildman–Crippen MR) is 75.3 cm³/mol. The van der Waals surface area contributed by atoms with Crippen LogP contribution in [-0.4, -0.2) is 12.4 Å². The first-order valence-corrected chi connectivity index (χ1v) is 7.04. The number of carbonyl (C=O) groups is 1. The first-order chi connectivity index (χ1) is 8.79. The lowest BCUT2D eigenvalue weighted by Gasteiger charge is -2.09. The zero-order valence-corrected chi connectivity index (χ0v) is 11.6. The van der Waals surface area contributed by atoms with Crippen molar-refractivity contribution in [2.24, 2.45) is 0 Å². The Bertz CT molecular complexity index is 358. The summed E-state index contributed by atoms with van der Waals surface area (Å²) in [6.07, 6.45) is 6.12. The van der Waals surface area contributed by atoms with Gasteiger partial charge in [0.05, 0.1) is 12.2 Å². The summed E-state index contributed by atoms with van der Waals surface area (Å²) in [5, 5.41) is 0. The number of Topliss-reactive ketones (excluding diaryl/α,β-unsaturated/α-hetero) is 1. The van der Waals surface area contributed by atoms with E-state index in [2.05, 4.69) is 13.8 Å². The zero-order valence-electron chi connectivity index (χ0n) is 11.6. The van der Waals surface area contributed by atoms with Crippen LogP contribution in [0, 0.1) is 0 Å². The highest BCUT2D eigenvalue weighted by molar-refractivity contribution is 5.98. The summed E-state index contributed by atoms with van der Waals surface area (Å²) in [5.74, 6) is 0.942. The Hall–Kier alpha value is -1.31. The average molecular weight is 248 g/mol. The molecule has 2 heteroatoms. The maximum atomic E-state index is 12.1. The first kappa shape index (κ1) is 14.7. The van der Waals surface area contributed by atoms with Gasteiger partial charge >= 0.3 is 0 Å². The van der Waals surface area contributed by atoms with Crippen molar-refractivity contribution >= 4 is 5.78 Å². The van der Waals surface area contributed by atoms with Crippen LogP contribution in [0.25, 0.3) is 0 Å². The summed E-state index contributed by atoms with van der Waals surface area (Å²) in [6.45, 7) is 4.91. The van der Waals surface area contributed by atoms with Crippen LogP contribution in [0.15, 0.2) is 24.3 Å². The van der Waals surface area contributed by atoms with Gasteiger partial charge in [-0.15, -0.1) is 0 Å². The van der Waals surface area contributed by atoms with Gasteiger partial charge in [0, 0.05) is 6.42 Å². The maximum Gasteiger partial charge on any atom is 0.166 e. The quantitative estimate of drug-likeness (QED) is 0.470. The summed E-state index contributed by atoms with van der Waals surface area (Å²) in [4.78, 5) is 12.1. The number of ether oxygens (including phenoxy) is 1. The molecule has 0 N–H and O–H groups in total. The van der Waals surface area contributed by atoms with E-state index in [1.807, 2.05) is 24.3 Å². The van der Waals surface area contributed by atoms with Gasteiger partial charge in [0.15, 0.2) is 5.78 Å². The topological polar surface area (TPSA) is 26.3 Å². The molecule has 0 amide bonds. The second-order valence-corrected chi connectivity index (χ2v) is 4.58. The monoisotopic (exact) mass is 248 g/mol. The fourth-order valence-electron chi connectivity index (χ4n) is 1.88. The molecule has 0 saturated carbocycles. The highest BCUT2D eigenvalue weighted by atomic mass is 16.5. The summed E-state index contributed by atoms with van der Waals surface area (Å²) in [6, 6.07) is 7.57. The zero-order chi connectivity index (χ0) is 13.2. The molecule has 0 bridgehead atoms. The molecule has 0 unspecified atom stereocenters. The largest absolute Gasteiger partial charge is 0.493 e. The van der Waals surface area contributed by atoms with Crippen LogP contribution in [0.5, 0.6) is 5.75 Å². The molecular formula is C16H24O2. The molecule has 18 heavy (non-hydrogen) atoms. The van der Waals surface area contributed by atoms with E-state index in [0.29, 0.717) is 13.0 Å². The standard InChI is InChI=1S/C16H24O2/c1-3-5-6-7-11-15(17)14-10-8-9-12-16(14)18-13-4-2/h8-10,12H,3-7,11,13H2,1-2H3. The highest BCUT2D eigenvalue weighted by Crippen LogP contribution is 2.21. The van der Waals surface area contributed by atoms with Gasteiger partial charge < -0.3 is 4.74 Å². The summed E-state index contributed by atoms with van der Waals surface area (Å²) in [5.41, 5.74) is 0.738. The van der Waals surface area contributed by atoms with Gasteiger partial charge in [-0.25, -0.2) is 0 Å². The maximum absolute atomic E-state index is 12.1. The van der Waals surface area contributed by atoms with E-state index >= 15 is 0 Å². The second-order valence-electron chi connectivity index (χ2n) is 4.58. The third-order valence-corrected chi connectivity index (χ3v) is 2.91. The summed E-state index contributed by atoms with van der Waals surface area (Å²) >= 11 is 0. The smallest absolute Gasteiger partial charge is 0.166 e. The van der Waals surface area contributed by atoms with E-state index in [1.54, 1.807) is 0 Å². The summed E-state index contributed by atoms with van der Waals surface area (Å²) < 4.78 is 5.61. The Labute approximate surface area is 110 Å². The molecule has 100 valence electrons. The Kier molecular flexibility index (Phi) is 7.16. The molecule has 0 fully saturated rings. The molecular weight excluding hydrogens is 224 g/mol.